The van der Waals surface area contributed by atoms with Gasteiger partial charge in [-0.15, -0.1) is 0 Å². The van der Waals surface area contributed by atoms with Crippen molar-refractivity contribution in [3.8, 4) is 0 Å². The molecule has 0 heterocycles. The average Bonchev–Trinajstić information content (AvgIpc) is 2.38. The van der Waals surface area contributed by atoms with Crippen molar-refractivity contribution in [2.75, 3.05) is 0 Å². The van der Waals surface area contributed by atoms with E-state index in [1.807, 2.05) is 19.1 Å². The standard InChI is InChI=1S/C15H21ClO2S/c1-3-5-6-8-14(7-4-2)19(17,18)15-11-9-13(16)10-12-15/h6,8-12,14H,3-5,7H2,1-2H3/b8-6-. The number of hydrogen-bond donors (Lipinski definition) is 0. The smallest absolute Gasteiger partial charge is 0.184 e. The fourth-order valence-electron chi connectivity index (χ4n) is 1.85. The normalized spacial score (nSPS) is 13.8. The van der Waals surface area contributed by atoms with Gasteiger partial charge in [-0.3, -0.25) is 0 Å². The molecule has 0 saturated heterocycles. The van der Waals surface area contributed by atoms with E-state index in [0.717, 1.165) is 19.3 Å². The van der Waals surface area contributed by atoms with Gasteiger partial charge >= 0.3 is 0 Å². The molecule has 0 aromatic heterocycles. The fraction of sp³-hybridized carbons (Fsp3) is 0.467. The monoisotopic (exact) mass is 300 g/mol. The summed E-state index contributed by atoms with van der Waals surface area (Å²) in [7, 11) is -3.31. The fourth-order valence-corrected chi connectivity index (χ4v) is 3.71. The first-order chi connectivity index (χ1) is 9.02. The zero-order chi connectivity index (χ0) is 14.3. The van der Waals surface area contributed by atoms with Gasteiger partial charge in [0.05, 0.1) is 10.1 Å². The minimum Gasteiger partial charge on any atom is -0.223 e. The summed E-state index contributed by atoms with van der Waals surface area (Å²) in [6.45, 7) is 4.07. The van der Waals surface area contributed by atoms with Crippen LogP contribution in [-0.2, 0) is 9.84 Å². The molecule has 0 fully saturated rings. The molecule has 106 valence electrons. The van der Waals surface area contributed by atoms with Gasteiger partial charge in [-0.1, -0.05) is 50.4 Å². The lowest BCUT2D eigenvalue weighted by Gasteiger charge is -2.13. The molecule has 4 heteroatoms. The van der Waals surface area contributed by atoms with E-state index in [-0.39, 0.29) is 0 Å². The van der Waals surface area contributed by atoms with Gasteiger partial charge in [-0.2, -0.15) is 0 Å². The van der Waals surface area contributed by atoms with E-state index in [2.05, 4.69) is 6.92 Å². The molecule has 1 atom stereocenters. The molecule has 1 aromatic carbocycles. The predicted molar refractivity (Wildman–Crippen MR) is 81.4 cm³/mol. The van der Waals surface area contributed by atoms with Gasteiger partial charge in [0.2, 0.25) is 0 Å². The van der Waals surface area contributed by atoms with Crippen molar-refractivity contribution in [3.05, 3.63) is 41.4 Å². The molecule has 2 nitrogen and oxygen atoms in total. The van der Waals surface area contributed by atoms with Crippen LogP contribution in [0, 0.1) is 0 Å². The second-order valence-electron chi connectivity index (χ2n) is 4.54. The molecule has 0 bridgehead atoms. The molecule has 0 N–H and O–H groups in total. The van der Waals surface area contributed by atoms with Crippen molar-refractivity contribution in [3.63, 3.8) is 0 Å². The Bertz CT molecular complexity index is 503. The van der Waals surface area contributed by atoms with Gasteiger partial charge in [0.1, 0.15) is 0 Å². The van der Waals surface area contributed by atoms with Gasteiger partial charge in [-0.25, -0.2) is 8.42 Å². The average molecular weight is 301 g/mol. The minimum absolute atomic E-state index is 0.344. The summed E-state index contributed by atoms with van der Waals surface area (Å²) in [6, 6.07) is 6.39. The number of hydrogen-bond acceptors (Lipinski definition) is 2. The van der Waals surface area contributed by atoms with Gasteiger partial charge < -0.3 is 0 Å². The number of allylic oxidation sites excluding steroid dienone is 1. The largest absolute Gasteiger partial charge is 0.223 e. The number of rotatable bonds is 7. The maximum Gasteiger partial charge on any atom is 0.184 e. The molecule has 1 unspecified atom stereocenters. The van der Waals surface area contributed by atoms with Crippen LogP contribution >= 0.6 is 11.6 Å². The molecular weight excluding hydrogens is 280 g/mol. The topological polar surface area (TPSA) is 34.1 Å². The third kappa shape index (κ3) is 4.66. The molecule has 0 amide bonds. The molecule has 1 rings (SSSR count). The van der Waals surface area contributed by atoms with Crippen LogP contribution in [0.3, 0.4) is 0 Å². The predicted octanol–water partition coefficient (Wildman–Crippen LogP) is 4.64. The Morgan fingerprint density at radius 3 is 2.32 bits per heavy atom. The van der Waals surface area contributed by atoms with E-state index in [4.69, 9.17) is 11.6 Å². The zero-order valence-electron chi connectivity index (χ0n) is 11.5. The van der Waals surface area contributed by atoms with E-state index in [0.29, 0.717) is 16.3 Å². The van der Waals surface area contributed by atoms with Crippen LogP contribution in [0.2, 0.25) is 5.02 Å². The first kappa shape index (κ1) is 16.3. The second kappa shape index (κ2) is 7.71. The first-order valence-corrected chi connectivity index (χ1v) is 8.61. The van der Waals surface area contributed by atoms with Crippen LogP contribution in [0.5, 0.6) is 0 Å². The summed E-state index contributed by atoms with van der Waals surface area (Å²) in [5.41, 5.74) is 0. The molecule has 19 heavy (non-hydrogen) atoms. The van der Waals surface area contributed by atoms with E-state index < -0.39 is 15.1 Å². The highest BCUT2D eigenvalue weighted by Gasteiger charge is 2.24. The second-order valence-corrected chi connectivity index (χ2v) is 7.15. The lowest BCUT2D eigenvalue weighted by Crippen LogP contribution is -2.19. The minimum atomic E-state index is -3.31. The Balaban J connectivity index is 3.01. The summed E-state index contributed by atoms with van der Waals surface area (Å²) in [4.78, 5) is 0.344. The molecule has 0 aliphatic rings. The van der Waals surface area contributed by atoms with E-state index >= 15 is 0 Å². The highest BCUT2D eigenvalue weighted by atomic mass is 35.5. The number of benzene rings is 1. The quantitative estimate of drug-likeness (QED) is 0.688. The molecule has 0 aliphatic carbocycles. The lowest BCUT2D eigenvalue weighted by molar-refractivity contribution is 0.582. The Kier molecular flexibility index (Phi) is 6.59. The number of halogens is 1. The number of unbranched alkanes of at least 4 members (excludes halogenated alkanes) is 1. The first-order valence-electron chi connectivity index (χ1n) is 6.68. The van der Waals surface area contributed by atoms with Crippen LogP contribution in [0.1, 0.15) is 39.5 Å². The summed E-state index contributed by atoms with van der Waals surface area (Å²) in [6.07, 6.45) is 7.22. The highest BCUT2D eigenvalue weighted by molar-refractivity contribution is 7.92. The van der Waals surface area contributed by atoms with Gasteiger partial charge in [-0.05, 0) is 37.1 Å². The maximum absolute atomic E-state index is 12.5. The lowest BCUT2D eigenvalue weighted by atomic mass is 10.2. The summed E-state index contributed by atoms with van der Waals surface area (Å²) in [5.74, 6) is 0. The molecule has 0 radical (unpaired) electrons. The molecule has 0 saturated carbocycles. The highest BCUT2D eigenvalue weighted by Crippen LogP contribution is 2.22. The van der Waals surface area contributed by atoms with Crippen LogP contribution in [0.4, 0.5) is 0 Å². The van der Waals surface area contributed by atoms with Crippen molar-refractivity contribution in [2.24, 2.45) is 0 Å². The SMILES string of the molecule is CCC/C=C\C(CCC)S(=O)(=O)c1ccc(Cl)cc1. The van der Waals surface area contributed by atoms with Crippen molar-refractivity contribution in [2.45, 2.75) is 49.7 Å². The summed E-state index contributed by atoms with van der Waals surface area (Å²) >= 11 is 5.80. The Labute approximate surface area is 121 Å². The number of sulfone groups is 1. The molecular formula is C15H21ClO2S. The Hall–Kier alpha value is -0.800. The third-order valence-electron chi connectivity index (χ3n) is 2.92. The van der Waals surface area contributed by atoms with E-state index in [1.165, 1.54) is 0 Å². The maximum atomic E-state index is 12.5. The van der Waals surface area contributed by atoms with Crippen LogP contribution < -0.4 is 0 Å². The summed E-state index contributed by atoms with van der Waals surface area (Å²) < 4.78 is 25.1. The van der Waals surface area contributed by atoms with Crippen molar-refractivity contribution in [1.82, 2.24) is 0 Å². The van der Waals surface area contributed by atoms with Crippen LogP contribution in [0.25, 0.3) is 0 Å². The molecule has 0 aliphatic heterocycles. The van der Waals surface area contributed by atoms with Crippen molar-refractivity contribution in [1.29, 1.82) is 0 Å². The van der Waals surface area contributed by atoms with Crippen molar-refractivity contribution >= 4 is 21.4 Å². The molecule has 1 aromatic rings. The van der Waals surface area contributed by atoms with Crippen molar-refractivity contribution < 1.29 is 8.42 Å². The van der Waals surface area contributed by atoms with Gasteiger partial charge in [0.25, 0.3) is 0 Å². The van der Waals surface area contributed by atoms with Gasteiger partial charge in [0.15, 0.2) is 9.84 Å². The Morgan fingerprint density at radius 1 is 1.16 bits per heavy atom. The molecule has 0 spiro atoms. The van der Waals surface area contributed by atoms with Crippen LogP contribution in [-0.4, -0.2) is 13.7 Å². The van der Waals surface area contributed by atoms with Gasteiger partial charge in [0, 0.05) is 5.02 Å². The van der Waals surface area contributed by atoms with E-state index in [9.17, 15) is 8.42 Å². The summed E-state index contributed by atoms with van der Waals surface area (Å²) in [5, 5.41) is 0.109. The van der Waals surface area contributed by atoms with Crippen LogP contribution in [0.15, 0.2) is 41.3 Å². The zero-order valence-corrected chi connectivity index (χ0v) is 13.0. The Morgan fingerprint density at radius 2 is 1.79 bits per heavy atom. The van der Waals surface area contributed by atoms with E-state index in [1.54, 1.807) is 24.3 Å². The third-order valence-corrected chi connectivity index (χ3v) is 5.29.